The van der Waals surface area contributed by atoms with E-state index in [1.807, 2.05) is 0 Å². The van der Waals surface area contributed by atoms with Crippen LogP contribution in [0, 0.1) is 17.0 Å². The van der Waals surface area contributed by atoms with E-state index < -0.39 is 16.0 Å². The van der Waals surface area contributed by atoms with E-state index in [0.717, 1.165) is 25.9 Å². The molecule has 0 atom stereocenters. The number of benzene rings is 1. The topological polar surface area (TPSA) is 112 Å². The molecule has 2 heterocycles. The molecule has 1 aliphatic heterocycles. The SMILES string of the molecule is Cc1c([N+](=O)[O-])cc2[nH]c(=O)c(=O)[nH]c2c1CN1CCCCC1. The van der Waals surface area contributed by atoms with Crippen molar-refractivity contribution in [3.05, 3.63) is 48.0 Å². The van der Waals surface area contributed by atoms with E-state index in [1.165, 1.54) is 12.5 Å². The summed E-state index contributed by atoms with van der Waals surface area (Å²) in [7, 11) is 0. The summed E-state index contributed by atoms with van der Waals surface area (Å²) in [5.41, 5.74) is 0.389. The molecule has 0 amide bonds. The normalized spacial score (nSPS) is 15.9. The van der Waals surface area contributed by atoms with E-state index in [1.54, 1.807) is 6.92 Å². The Bertz CT molecular complexity index is 877. The van der Waals surface area contributed by atoms with Crippen LogP contribution < -0.4 is 11.1 Å². The third-order valence-electron chi connectivity index (χ3n) is 4.41. The molecule has 2 N–H and O–H groups in total. The lowest BCUT2D eigenvalue weighted by atomic mass is 10.0. The zero-order valence-electron chi connectivity index (χ0n) is 12.8. The van der Waals surface area contributed by atoms with Gasteiger partial charge in [-0.25, -0.2) is 0 Å². The van der Waals surface area contributed by atoms with E-state index in [9.17, 15) is 19.7 Å². The van der Waals surface area contributed by atoms with E-state index in [2.05, 4.69) is 14.9 Å². The Morgan fingerprint density at radius 2 is 1.83 bits per heavy atom. The molecule has 3 rings (SSSR count). The second kappa shape index (κ2) is 5.96. The molecule has 1 saturated heterocycles. The van der Waals surface area contributed by atoms with Gasteiger partial charge < -0.3 is 9.97 Å². The fraction of sp³-hybridized carbons (Fsp3) is 0.467. The molecule has 1 aliphatic rings. The van der Waals surface area contributed by atoms with Crippen molar-refractivity contribution in [2.45, 2.75) is 32.7 Å². The first-order valence-electron chi connectivity index (χ1n) is 7.63. The van der Waals surface area contributed by atoms with Crippen molar-refractivity contribution in [1.82, 2.24) is 14.9 Å². The fourth-order valence-corrected chi connectivity index (χ4v) is 3.14. The van der Waals surface area contributed by atoms with Gasteiger partial charge in [0, 0.05) is 23.7 Å². The maximum Gasteiger partial charge on any atom is 0.314 e. The van der Waals surface area contributed by atoms with Crippen LogP contribution in [0.1, 0.15) is 30.4 Å². The minimum absolute atomic E-state index is 0.0489. The van der Waals surface area contributed by atoms with Crippen LogP contribution in [0.2, 0.25) is 0 Å². The summed E-state index contributed by atoms with van der Waals surface area (Å²) in [5, 5.41) is 11.3. The van der Waals surface area contributed by atoms with E-state index in [-0.39, 0.29) is 5.69 Å². The predicted molar refractivity (Wildman–Crippen MR) is 85.7 cm³/mol. The van der Waals surface area contributed by atoms with Crippen molar-refractivity contribution in [3.8, 4) is 0 Å². The Hall–Kier alpha value is -2.48. The molecule has 0 unspecified atom stereocenters. The number of piperidine rings is 1. The van der Waals surface area contributed by atoms with E-state index in [4.69, 9.17) is 0 Å². The first kappa shape index (κ1) is 15.4. The highest BCUT2D eigenvalue weighted by molar-refractivity contribution is 5.82. The van der Waals surface area contributed by atoms with E-state index >= 15 is 0 Å². The van der Waals surface area contributed by atoms with Crippen LogP contribution >= 0.6 is 0 Å². The van der Waals surface area contributed by atoms with Gasteiger partial charge in [-0.15, -0.1) is 0 Å². The van der Waals surface area contributed by atoms with Crippen molar-refractivity contribution in [2.24, 2.45) is 0 Å². The monoisotopic (exact) mass is 318 g/mol. The molecule has 0 aliphatic carbocycles. The lowest BCUT2D eigenvalue weighted by molar-refractivity contribution is -0.385. The summed E-state index contributed by atoms with van der Waals surface area (Å²) < 4.78 is 0. The molecule has 0 spiro atoms. The Morgan fingerprint density at radius 3 is 2.48 bits per heavy atom. The van der Waals surface area contributed by atoms with Crippen LogP contribution in [-0.2, 0) is 6.54 Å². The van der Waals surface area contributed by atoms with Crippen LogP contribution in [0.4, 0.5) is 5.69 Å². The number of likely N-dealkylation sites (tertiary alicyclic amines) is 1. The van der Waals surface area contributed by atoms with Gasteiger partial charge in [0.25, 0.3) is 5.69 Å². The number of nitrogens with one attached hydrogen (secondary N) is 2. The minimum atomic E-state index is -0.806. The summed E-state index contributed by atoms with van der Waals surface area (Å²) >= 11 is 0. The van der Waals surface area contributed by atoms with Gasteiger partial charge in [-0.05, 0) is 32.9 Å². The first-order valence-corrected chi connectivity index (χ1v) is 7.63. The number of hydrogen-bond donors (Lipinski definition) is 2. The second-order valence-corrected chi connectivity index (χ2v) is 5.92. The average molecular weight is 318 g/mol. The molecule has 23 heavy (non-hydrogen) atoms. The number of nitro groups is 1. The maximum absolute atomic E-state index is 11.7. The molecular formula is C15H18N4O4. The number of fused-ring (bicyclic) bond motifs is 1. The molecule has 122 valence electrons. The number of hydrogen-bond acceptors (Lipinski definition) is 5. The number of aromatic nitrogens is 2. The van der Waals surface area contributed by atoms with Crippen LogP contribution in [0.3, 0.4) is 0 Å². The summed E-state index contributed by atoms with van der Waals surface area (Å²) in [6, 6.07) is 1.31. The first-order chi connectivity index (χ1) is 11.0. The molecule has 0 radical (unpaired) electrons. The van der Waals surface area contributed by atoms with Crippen LogP contribution in [0.15, 0.2) is 15.7 Å². The quantitative estimate of drug-likeness (QED) is 0.505. The highest BCUT2D eigenvalue weighted by Gasteiger charge is 2.21. The van der Waals surface area contributed by atoms with Gasteiger partial charge in [-0.1, -0.05) is 6.42 Å². The third-order valence-corrected chi connectivity index (χ3v) is 4.41. The van der Waals surface area contributed by atoms with Gasteiger partial charge in [0.1, 0.15) is 0 Å². The van der Waals surface area contributed by atoms with Crippen molar-refractivity contribution in [1.29, 1.82) is 0 Å². The number of H-pyrrole nitrogens is 2. The Morgan fingerprint density at radius 1 is 1.17 bits per heavy atom. The lowest BCUT2D eigenvalue weighted by Gasteiger charge is -2.27. The van der Waals surface area contributed by atoms with Crippen LogP contribution in [-0.4, -0.2) is 32.9 Å². The highest BCUT2D eigenvalue weighted by Crippen LogP contribution is 2.29. The standard InChI is InChI=1S/C15H18N4O4/c1-9-10(8-18-5-3-2-4-6-18)13-11(7-12(9)19(22)23)16-14(20)15(21)17-13/h7H,2-6,8H2,1H3,(H,16,20)(H,17,21). The van der Waals surface area contributed by atoms with Gasteiger partial charge in [0.2, 0.25) is 0 Å². The van der Waals surface area contributed by atoms with Crippen LogP contribution in [0.5, 0.6) is 0 Å². The number of nitrogens with zero attached hydrogens (tertiary/aromatic N) is 2. The zero-order valence-corrected chi connectivity index (χ0v) is 12.8. The molecule has 2 aromatic rings. The minimum Gasteiger partial charge on any atom is -0.316 e. The largest absolute Gasteiger partial charge is 0.316 e. The molecule has 1 aromatic heterocycles. The van der Waals surface area contributed by atoms with Crippen LogP contribution in [0.25, 0.3) is 11.0 Å². The molecule has 8 nitrogen and oxygen atoms in total. The summed E-state index contributed by atoms with van der Waals surface area (Å²) in [5.74, 6) is 0. The number of rotatable bonds is 3. The van der Waals surface area contributed by atoms with Crippen molar-refractivity contribution < 1.29 is 4.92 Å². The summed E-state index contributed by atoms with van der Waals surface area (Å²) in [6.45, 7) is 4.06. The highest BCUT2D eigenvalue weighted by atomic mass is 16.6. The van der Waals surface area contributed by atoms with Crippen molar-refractivity contribution >= 4 is 16.7 Å². The average Bonchev–Trinajstić information content (AvgIpc) is 2.52. The Labute approximate surface area is 131 Å². The second-order valence-electron chi connectivity index (χ2n) is 5.92. The van der Waals surface area contributed by atoms with Gasteiger partial charge >= 0.3 is 11.1 Å². The van der Waals surface area contributed by atoms with Crippen molar-refractivity contribution in [2.75, 3.05) is 13.1 Å². The van der Waals surface area contributed by atoms with E-state index in [0.29, 0.717) is 28.7 Å². The number of aromatic amines is 2. The molecular weight excluding hydrogens is 300 g/mol. The molecule has 0 bridgehead atoms. The summed E-state index contributed by atoms with van der Waals surface area (Å²) in [4.78, 5) is 41.2. The smallest absolute Gasteiger partial charge is 0.314 e. The Kier molecular flexibility index (Phi) is 3.99. The molecule has 1 aromatic carbocycles. The zero-order chi connectivity index (χ0) is 16.6. The van der Waals surface area contributed by atoms with Gasteiger partial charge in [-0.2, -0.15) is 0 Å². The molecule has 1 fully saturated rings. The molecule has 0 saturated carbocycles. The maximum atomic E-state index is 11.7. The number of nitro benzene ring substituents is 1. The summed E-state index contributed by atoms with van der Waals surface area (Å²) in [6.07, 6.45) is 3.38. The Balaban J connectivity index is 2.20. The molecule has 8 heteroatoms. The fourth-order valence-electron chi connectivity index (χ4n) is 3.14. The third kappa shape index (κ3) is 2.89. The van der Waals surface area contributed by atoms with Gasteiger partial charge in [0.05, 0.1) is 16.0 Å². The predicted octanol–water partition coefficient (Wildman–Crippen LogP) is 1.42. The van der Waals surface area contributed by atoms with Gasteiger partial charge in [-0.3, -0.25) is 24.6 Å². The van der Waals surface area contributed by atoms with Crippen molar-refractivity contribution in [3.63, 3.8) is 0 Å². The van der Waals surface area contributed by atoms with Gasteiger partial charge in [0.15, 0.2) is 0 Å². The lowest BCUT2D eigenvalue weighted by Crippen LogP contribution is -2.32.